The van der Waals surface area contributed by atoms with Crippen molar-refractivity contribution in [2.45, 2.75) is 20.3 Å². The van der Waals surface area contributed by atoms with Gasteiger partial charge in [0.05, 0.1) is 12.7 Å². The van der Waals surface area contributed by atoms with Crippen LogP contribution in [0.3, 0.4) is 0 Å². The number of carbonyl (C=O) groups excluding carboxylic acids is 3. The number of nitrogens with zero attached hydrogens (tertiary/aromatic N) is 1. The van der Waals surface area contributed by atoms with Crippen LogP contribution in [0.2, 0.25) is 0 Å². The average molecular weight is 253 g/mol. The third kappa shape index (κ3) is 2.60. The van der Waals surface area contributed by atoms with Crippen LogP contribution < -0.4 is 0 Å². The van der Waals surface area contributed by atoms with Crippen LogP contribution in [0.5, 0.6) is 0 Å². The van der Waals surface area contributed by atoms with Crippen molar-refractivity contribution in [3.05, 3.63) is 11.8 Å². The molecule has 1 atom stereocenters. The molecule has 100 valence electrons. The molecule has 5 nitrogen and oxygen atoms in total. The van der Waals surface area contributed by atoms with Gasteiger partial charge in [-0.1, -0.05) is 13.8 Å². The van der Waals surface area contributed by atoms with Crippen LogP contribution in [0, 0.1) is 11.3 Å². The van der Waals surface area contributed by atoms with Gasteiger partial charge in [-0.2, -0.15) is 0 Å². The maximum atomic E-state index is 12.3. The standard InChI is InChI=1S/C13H19NO4/c1-13(2)6-9(15)8(7-14(3)4)11(16)10(13)12(17)18-5/h7,10H,6H2,1-5H3/b8-7+/t10-/m1/s1. The van der Waals surface area contributed by atoms with Gasteiger partial charge >= 0.3 is 5.97 Å². The van der Waals surface area contributed by atoms with Gasteiger partial charge in [0.2, 0.25) is 0 Å². The molecular weight excluding hydrogens is 234 g/mol. The molecule has 0 N–H and O–H groups in total. The summed E-state index contributed by atoms with van der Waals surface area (Å²) >= 11 is 0. The molecule has 0 aromatic rings. The minimum absolute atomic E-state index is 0.0784. The van der Waals surface area contributed by atoms with Crippen LogP contribution >= 0.6 is 0 Å². The van der Waals surface area contributed by atoms with Crippen LogP contribution in [-0.4, -0.2) is 43.6 Å². The second-order valence-electron chi connectivity index (χ2n) is 5.42. The topological polar surface area (TPSA) is 63.7 Å². The zero-order valence-electron chi connectivity index (χ0n) is 11.4. The molecule has 0 spiro atoms. The second-order valence-corrected chi connectivity index (χ2v) is 5.42. The Morgan fingerprint density at radius 1 is 1.39 bits per heavy atom. The molecule has 1 fully saturated rings. The summed E-state index contributed by atoms with van der Waals surface area (Å²) < 4.78 is 4.67. The SMILES string of the molecule is COC(=O)[C@H]1C(=O)/C(=C/N(C)C)C(=O)CC1(C)C. The number of hydrogen-bond acceptors (Lipinski definition) is 5. The minimum atomic E-state index is -0.911. The highest BCUT2D eigenvalue weighted by atomic mass is 16.5. The first-order valence-corrected chi connectivity index (χ1v) is 5.74. The van der Waals surface area contributed by atoms with Gasteiger partial charge in [-0.3, -0.25) is 14.4 Å². The number of esters is 1. The number of Topliss-reactive ketones (excluding diaryl/α,β-unsaturated/α-hetero) is 2. The lowest BCUT2D eigenvalue weighted by molar-refractivity contribution is -0.155. The highest BCUT2D eigenvalue weighted by molar-refractivity contribution is 6.27. The van der Waals surface area contributed by atoms with E-state index in [9.17, 15) is 14.4 Å². The Labute approximate surface area is 107 Å². The Morgan fingerprint density at radius 2 is 1.94 bits per heavy atom. The van der Waals surface area contributed by atoms with Crippen molar-refractivity contribution in [1.29, 1.82) is 0 Å². The molecule has 0 unspecified atom stereocenters. The van der Waals surface area contributed by atoms with Gasteiger partial charge in [-0.25, -0.2) is 0 Å². The number of ketones is 2. The number of allylic oxidation sites excluding steroid dienone is 1. The van der Waals surface area contributed by atoms with Gasteiger partial charge in [-0.15, -0.1) is 0 Å². The third-order valence-corrected chi connectivity index (χ3v) is 3.05. The van der Waals surface area contributed by atoms with Crippen LogP contribution in [0.1, 0.15) is 20.3 Å². The van der Waals surface area contributed by atoms with Gasteiger partial charge in [0.25, 0.3) is 0 Å². The van der Waals surface area contributed by atoms with Crippen LogP contribution in [0.25, 0.3) is 0 Å². The lowest BCUT2D eigenvalue weighted by Gasteiger charge is -2.35. The Balaban J connectivity index is 3.21. The Hall–Kier alpha value is -1.65. The second kappa shape index (κ2) is 4.92. The largest absolute Gasteiger partial charge is 0.468 e. The summed E-state index contributed by atoms with van der Waals surface area (Å²) in [7, 11) is 4.69. The van der Waals surface area contributed by atoms with Crippen LogP contribution in [0.4, 0.5) is 0 Å². The number of rotatable bonds is 2. The summed E-state index contributed by atoms with van der Waals surface area (Å²) in [6.45, 7) is 3.47. The summed E-state index contributed by atoms with van der Waals surface area (Å²) in [5.74, 6) is -2.16. The quantitative estimate of drug-likeness (QED) is 0.315. The molecule has 1 aliphatic carbocycles. The number of ether oxygens (including phenoxy) is 1. The molecule has 0 aromatic heterocycles. The summed E-state index contributed by atoms with van der Waals surface area (Å²) in [6.07, 6.45) is 1.63. The molecule has 18 heavy (non-hydrogen) atoms. The van der Waals surface area contributed by atoms with E-state index in [0.717, 1.165) is 0 Å². The van der Waals surface area contributed by atoms with E-state index in [1.54, 1.807) is 32.8 Å². The molecule has 5 heteroatoms. The summed E-state index contributed by atoms with van der Waals surface area (Å²) in [5.41, 5.74) is -0.625. The maximum Gasteiger partial charge on any atom is 0.317 e. The van der Waals surface area contributed by atoms with E-state index in [-0.39, 0.29) is 17.8 Å². The van der Waals surface area contributed by atoms with Crippen molar-refractivity contribution < 1.29 is 19.1 Å². The predicted molar refractivity (Wildman–Crippen MR) is 65.7 cm³/mol. The predicted octanol–water partition coefficient (Wildman–Crippen LogP) is 0.789. The number of carbonyl (C=O) groups is 3. The monoisotopic (exact) mass is 253 g/mol. The minimum Gasteiger partial charge on any atom is -0.468 e. The Bertz CT molecular complexity index is 421. The molecule has 0 aliphatic heterocycles. The van der Waals surface area contributed by atoms with E-state index in [1.165, 1.54) is 13.3 Å². The normalized spacial score (nSPS) is 25.2. The van der Waals surface area contributed by atoms with Gasteiger partial charge in [-0.05, 0) is 5.41 Å². The van der Waals surface area contributed by atoms with E-state index in [4.69, 9.17) is 0 Å². The molecule has 0 saturated heterocycles. The van der Waals surface area contributed by atoms with Crippen molar-refractivity contribution in [1.82, 2.24) is 4.90 Å². The summed E-state index contributed by atoms with van der Waals surface area (Å²) in [5, 5.41) is 0. The molecule has 0 radical (unpaired) electrons. The van der Waals surface area contributed by atoms with Crippen LogP contribution in [0.15, 0.2) is 11.8 Å². The Kier molecular flexibility index (Phi) is 3.94. The number of hydrogen-bond donors (Lipinski definition) is 0. The molecule has 0 bridgehead atoms. The average Bonchev–Trinajstić information content (AvgIpc) is 2.22. The van der Waals surface area contributed by atoms with E-state index >= 15 is 0 Å². The van der Waals surface area contributed by atoms with Gasteiger partial charge < -0.3 is 9.64 Å². The van der Waals surface area contributed by atoms with E-state index < -0.39 is 23.1 Å². The van der Waals surface area contributed by atoms with Crippen molar-refractivity contribution in [3.8, 4) is 0 Å². The van der Waals surface area contributed by atoms with E-state index in [0.29, 0.717) is 0 Å². The fourth-order valence-electron chi connectivity index (χ4n) is 2.20. The molecule has 0 heterocycles. The molecule has 0 amide bonds. The summed E-state index contributed by atoms with van der Waals surface area (Å²) in [6, 6.07) is 0. The molecular formula is C13H19NO4. The summed E-state index contributed by atoms with van der Waals surface area (Å²) in [4.78, 5) is 37.6. The van der Waals surface area contributed by atoms with Crippen molar-refractivity contribution in [2.75, 3.05) is 21.2 Å². The zero-order chi connectivity index (χ0) is 14.1. The third-order valence-electron chi connectivity index (χ3n) is 3.05. The maximum absolute atomic E-state index is 12.3. The van der Waals surface area contributed by atoms with Gasteiger partial charge in [0.1, 0.15) is 5.92 Å². The van der Waals surface area contributed by atoms with Gasteiger partial charge in [0.15, 0.2) is 11.6 Å². The van der Waals surface area contributed by atoms with E-state index in [2.05, 4.69) is 4.74 Å². The smallest absolute Gasteiger partial charge is 0.317 e. The van der Waals surface area contributed by atoms with Crippen molar-refractivity contribution in [2.24, 2.45) is 11.3 Å². The highest BCUT2D eigenvalue weighted by Gasteiger charge is 2.49. The lowest BCUT2D eigenvalue weighted by atomic mass is 9.66. The first kappa shape index (κ1) is 14.4. The van der Waals surface area contributed by atoms with E-state index in [1.807, 2.05) is 0 Å². The number of methoxy groups -OCH3 is 1. The fourth-order valence-corrected chi connectivity index (χ4v) is 2.20. The van der Waals surface area contributed by atoms with Gasteiger partial charge in [0, 0.05) is 26.7 Å². The molecule has 1 rings (SSSR count). The first-order chi connectivity index (χ1) is 8.20. The molecule has 1 saturated carbocycles. The van der Waals surface area contributed by atoms with Crippen molar-refractivity contribution in [3.63, 3.8) is 0 Å². The molecule has 1 aliphatic rings. The fraction of sp³-hybridized carbons (Fsp3) is 0.615. The van der Waals surface area contributed by atoms with Crippen LogP contribution in [-0.2, 0) is 19.1 Å². The van der Waals surface area contributed by atoms with Crippen molar-refractivity contribution >= 4 is 17.5 Å². The highest BCUT2D eigenvalue weighted by Crippen LogP contribution is 2.39. The first-order valence-electron chi connectivity index (χ1n) is 5.74. The Morgan fingerprint density at radius 3 is 2.39 bits per heavy atom. The zero-order valence-corrected chi connectivity index (χ0v) is 11.4. The lowest BCUT2D eigenvalue weighted by Crippen LogP contribution is -2.46. The molecule has 0 aromatic carbocycles.